The minimum absolute atomic E-state index is 0.140. The van der Waals surface area contributed by atoms with Gasteiger partial charge in [-0.1, -0.05) is 30.3 Å². The summed E-state index contributed by atoms with van der Waals surface area (Å²) < 4.78 is 13.3. The van der Waals surface area contributed by atoms with Crippen LogP contribution < -0.4 is 0 Å². The van der Waals surface area contributed by atoms with Crippen LogP contribution >= 0.6 is 0 Å². The molecule has 21 heavy (non-hydrogen) atoms. The van der Waals surface area contributed by atoms with E-state index >= 15 is 0 Å². The van der Waals surface area contributed by atoms with E-state index in [-0.39, 0.29) is 17.8 Å². The van der Waals surface area contributed by atoms with Gasteiger partial charge < -0.3 is 5.11 Å². The van der Waals surface area contributed by atoms with E-state index in [2.05, 4.69) is 18.2 Å². The Morgan fingerprint density at radius 1 is 1.19 bits per heavy atom. The Bertz CT molecular complexity index is 650. The largest absolute Gasteiger partial charge is 0.395 e. The normalized spacial score (nSPS) is 21.1. The van der Waals surface area contributed by atoms with Crippen LogP contribution in [0.2, 0.25) is 0 Å². The Kier molecular flexibility index (Phi) is 3.81. The predicted octanol–water partition coefficient (Wildman–Crippen LogP) is 3.94. The molecule has 0 spiro atoms. The standard InChI is InChI=1S/C19H21FO/c1-14-11-17(20)9-8-16(14)12-19(13-21)10-4-6-15-5-2-3-7-18(15)19/h2-3,5,7-9,11,21H,4,6,10,12-13H2,1H3. The van der Waals surface area contributed by atoms with Crippen molar-refractivity contribution in [3.63, 3.8) is 0 Å². The molecule has 0 bridgehead atoms. The Labute approximate surface area is 125 Å². The fourth-order valence-corrected chi connectivity index (χ4v) is 3.63. The Balaban J connectivity index is 2.02. The first-order valence-corrected chi connectivity index (χ1v) is 7.59. The molecule has 1 N–H and O–H groups in total. The highest BCUT2D eigenvalue weighted by Gasteiger charge is 2.36. The summed E-state index contributed by atoms with van der Waals surface area (Å²) in [5.74, 6) is -0.196. The SMILES string of the molecule is Cc1cc(F)ccc1CC1(CO)CCCc2ccccc21. The minimum atomic E-state index is -0.225. The zero-order valence-electron chi connectivity index (χ0n) is 12.4. The fraction of sp³-hybridized carbons (Fsp3) is 0.368. The Morgan fingerprint density at radius 3 is 2.76 bits per heavy atom. The number of hydrogen-bond donors (Lipinski definition) is 1. The van der Waals surface area contributed by atoms with Gasteiger partial charge in [-0.25, -0.2) is 4.39 Å². The molecule has 110 valence electrons. The fourth-order valence-electron chi connectivity index (χ4n) is 3.63. The highest BCUT2D eigenvalue weighted by molar-refractivity contribution is 5.40. The number of halogens is 1. The van der Waals surface area contributed by atoms with E-state index < -0.39 is 0 Å². The van der Waals surface area contributed by atoms with Crippen molar-refractivity contribution < 1.29 is 9.50 Å². The van der Waals surface area contributed by atoms with Gasteiger partial charge in [0.2, 0.25) is 0 Å². The van der Waals surface area contributed by atoms with Crippen LogP contribution in [0.25, 0.3) is 0 Å². The number of hydrogen-bond acceptors (Lipinski definition) is 1. The van der Waals surface area contributed by atoms with Gasteiger partial charge in [0.05, 0.1) is 6.61 Å². The van der Waals surface area contributed by atoms with Crippen molar-refractivity contribution in [2.45, 2.75) is 38.0 Å². The number of benzene rings is 2. The van der Waals surface area contributed by atoms with Crippen LogP contribution in [0.1, 0.15) is 35.1 Å². The second kappa shape index (κ2) is 5.61. The number of rotatable bonds is 3. The summed E-state index contributed by atoms with van der Waals surface area (Å²) in [6.07, 6.45) is 3.93. The van der Waals surface area contributed by atoms with Gasteiger partial charge in [0.15, 0.2) is 0 Å². The monoisotopic (exact) mass is 284 g/mol. The van der Waals surface area contributed by atoms with Crippen molar-refractivity contribution in [2.24, 2.45) is 0 Å². The first kappa shape index (κ1) is 14.3. The molecule has 1 aliphatic rings. The quantitative estimate of drug-likeness (QED) is 0.905. The first-order valence-electron chi connectivity index (χ1n) is 7.59. The average molecular weight is 284 g/mol. The lowest BCUT2D eigenvalue weighted by molar-refractivity contribution is 0.173. The molecule has 1 atom stereocenters. The Hall–Kier alpha value is -1.67. The van der Waals surface area contributed by atoms with Crippen LogP contribution in [0.3, 0.4) is 0 Å². The third kappa shape index (κ3) is 2.60. The molecule has 2 aromatic rings. The molecular formula is C19H21FO. The summed E-state index contributed by atoms with van der Waals surface area (Å²) in [5, 5.41) is 10.1. The van der Waals surface area contributed by atoms with Gasteiger partial charge in [0.1, 0.15) is 5.82 Å². The Morgan fingerprint density at radius 2 is 2.00 bits per heavy atom. The molecule has 0 radical (unpaired) electrons. The molecule has 0 aromatic heterocycles. The summed E-state index contributed by atoms with van der Waals surface area (Å²) in [6, 6.07) is 13.4. The molecule has 2 heteroatoms. The average Bonchev–Trinajstić information content (AvgIpc) is 2.50. The van der Waals surface area contributed by atoms with E-state index in [4.69, 9.17) is 0 Å². The van der Waals surface area contributed by atoms with Gasteiger partial charge in [-0.2, -0.15) is 0 Å². The smallest absolute Gasteiger partial charge is 0.123 e. The molecule has 2 aromatic carbocycles. The van der Waals surface area contributed by atoms with E-state index in [9.17, 15) is 9.50 Å². The maximum Gasteiger partial charge on any atom is 0.123 e. The summed E-state index contributed by atoms with van der Waals surface area (Å²) in [6.45, 7) is 2.08. The molecule has 0 saturated carbocycles. The first-order chi connectivity index (χ1) is 10.1. The topological polar surface area (TPSA) is 20.2 Å². The highest BCUT2D eigenvalue weighted by Crippen LogP contribution is 2.40. The van der Waals surface area contributed by atoms with Crippen LogP contribution in [0.4, 0.5) is 4.39 Å². The zero-order valence-corrected chi connectivity index (χ0v) is 12.4. The van der Waals surface area contributed by atoms with Crippen LogP contribution in [0.15, 0.2) is 42.5 Å². The summed E-state index contributed by atoms with van der Waals surface area (Å²) >= 11 is 0. The number of aliphatic hydroxyl groups is 1. The highest BCUT2D eigenvalue weighted by atomic mass is 19.1. The van der Waals surface area contributed by atoms with Gasteiger partial charge >= 0.3 is 0 Å². The van der Waals surface area contributed by atoms with Crippen molar-refractivity contribution in [1.82, 2.24) is 0 Å². The summed E-state index contributed by atoms with van der Waals surface area (Å²) in [4.78, 5) is 0. The molecule has 0 amide bonds. The second-order valence-electron chi connectivity index (χ2n) is 6.20. The maximum atomic E-state index is 13.3. The third-order valence-electron chi connectivity index (χ3n) is 4.83. The van der Waals surface area contributed by atoms with Crippen molar-refractivity contribution in [1.29, 1.82) is 0 Å². The van der Waals surface area contributed by atoms with Crippen LogP contribution in [0.5, 0.6) is 0 Å². The molecule has 0 aliphatic heterocycles. The zero-order chi connectivity index (χ0) is 14.9. The molecule has 0 saturated heterocycles. The van der Waals surface area contributed by atoms with Crippen molar-refractivity contribution >= 4 is 0 Å². The summed E-state index contributed by atoms with van der Waals surface area (Å²) in [7, 11) is 0. The third-order valence-corrected chi connectivity index (χ3v) is 4.83. The van der Waals surface area contributed by atoms with Crippen molar-refractivity contribution in [2.75, 3.05) is 6.61 Å². The molecule has 1 nitrogen and oxygen atoms in total. The van der Waals surface area contributed by atoms with Gasteiger partial charge in [-0.3, -0.25) is 0 Å². The molecule has 0 heterocycles. The van der Waals surface area contributed by atoms with Gasteiger partial charge in [0.25, 0.3) is 0 Å². The lowest BCUT2D eigenvalue weighted by Crippen LogP contribution is -2.37. The van der Waals surface area contributed by atoms with Gasteiger partial charge in [-0.15, -0.1) is 0 Å². The van der Waals surface area contributed by atoms with Gasteiger partial charge in [-0.05, 0) is 67.0 Å². The molecule has 1 unspecified atom stereocenters. The van der Waals surface area contributed by atoms with Crippen LogP contribution in [0, 0.1) is 12.7 Å². The molecular weight excluding hydrogens is 263 g/mol. The summed E-state index contributed by atoms with van der Waals surface area (Å²) in [5.41, 5.74) is 4.48. The second-order valence-corrected chi connectivity index (χ2v) is 6.20. The molecule has 1 aliphatic carbocycles. The van der Waals surface area contributed by atoms with Crippen LogP contribution in [-0.4, -0.2) is 11.7 Å². The van der Waals surface area contributed by atoms with Crippen molar-refractivity contribution in [3.8, 4) is 0 Å². The molecule has 0 fully saturated rings. The predicted molar refractivity (Wildman–Crippen MR) is 83.0 cm³/mol. The van der Waals surface area contributed by atoms with Crippen LogP contribution in [-0.2, 0) is 18.3 Å². The minimum Gasteiger partial charge on any atom is -0.395 e. The van der Waals surface area contributed by atoms with E-state index in [0.29, 0.717) is 0 Å². The number of aliphatic hydroxyl groups excluding tert-OH is 1. The van der Waals surface area contributed by atoms with Crippen molar-refractivity contribution in [3.05, 3.63) is 70.5 Å². The van der Waals surface area contributed by atoms with E-state index in [0.717, 1.165) is 36.8 Å². The lowest BCUT2D eigenvalue weighted by atomic mass is 9.67. The number of fused-ring (bicyclic) bond motifs is 1. The van der Waals surface area contributed by atoms with E-state index in [1.165, 1.54) is 17.2 Å². The number of aryl methyl sites for hydroxylation is 2. The molecule has 3 rings (SSSR count). The van der Waals surface area contributed by atoms with E-state index in [1.54, 1.807) is 6.07 Å². The van der Waals surface area contributed by atoms with E-state index in [1.807, 2.05) is 19.1 Å². The lowest BCUT2D eigenvalue weighted by Gasteiger charge is -2.38. The van der Waals surface area contributed by atoms with Gasteiger partial charge in [0, 0.05) is 5.41 Å². The maximum absolute atomic E-state index is 13.3.